The van der Waals surface area contributed by atoms with E-state index < -0.39 is 17.7 Å². The Morgan fingerprint density at radius 1 is 1.25 bits per heavy atom. The molecule has 0 rings (SSSR count). The number of Topliss-reactive ketones (excluding diaryl/α,β-unsaturated/α-hetero) is 1. The first kappa shape index (κ1) is 18.7. The van der Waals surface area contributed by atoms with Crippen molar-refractivity contribution in [1.82, 2.24) is 10.2 Å². The molecule has 7 heteroatoms. The number of amides is 2. The van der Waals surface area contributed by atoms with E-state index in [9.17, 15) is 14.4 Å². The Morgan fingerprint density at radius 2 is 1.80 bits per heavy atom. The van der Waals surface area contributed by atoms with E-state index in [1.165, 1.54) is 4.90 Å². The molecular weight excluding hydrogens is 284 g/mol. The highest BCUT2D eigenvalue weighted by Crippen LogP contribution is 2.08. The smallest absolute Gasteiger partial charge is 0.408 e. The predicted octanol–water partition coefficient (Wildman–Crippen LogP) is 1.56. The minimum absolute atomic E-state index is 0.122. The molecule has 2 amide bonds. The number of halogens is 1. The Kier molecular flexibility index (Phi) is 7.57. The van der Waals surface area contributed by atoms with Crippen molar-refractivity contribution in [1.29, 1.82) is 0 Å². The second kappa shape index (κ2) is 8.09. The van der Waals surface area contributed by atoms with Crippen LogP contribution in [0.3, 0.4) is 0 Å². The summed E-state index contributed by atoms with van der Waals surface area (Å²) in [7, 11) is 3.25. The third kappa shape index (κ3) is 7.99. The summed E-state index contributed by atoms with van der Waals surface area (Å²) < 4.78 is 5.08. The molecule has 0 aromatic heterocycles. The molecule has 20 heavy (non-hydrogen) atoms. The number of hydrogen-bond donors (Lipinski definition) is 1. The molecule has 1 atom stereocenters. The van der Waals surface area contributed by atoms with Gasteiger partial charge in [0.2, 0.25) is 5.91 Å². The number of nitrogens with one attached hydrogen (secondary N) is 1. The molecule has 6 nitrogen and oxygen atoms in total. The van der Waals surface area contributed by atoms with E-state index in [1.54, 1.807) is 34.9 Å². The molecular formula is C13H23ClN2O4. The maximum absolute atomic E-state index is 11.7. The van der Waals surface area contributed by atoms with Crippen molar-refractivity contribution in [3.8, 4) is 0 Å². The van der Waals surface area contributed by atoms with Gasteiger partial charge in [-0.1, -0.05) is 0 Å². The molecule has 0 saturated heterocycles. The van der Waals surface area contributed by atoms with Crippen LogP contribution in [0.1, 0.15) is 33.6 Å². The summed E-state index contributed by atoms with van der Waals surface area (Å²) in [5.74, 6) is -0.691. The second-order valence-electron chi connectivity index (χ2n) is 5.63. The Balaban J connectivity index is 4.54. The van der Waals surface area contributed by atoms with Crippen LogP contribution >= 0.6 is 11.6 Å². The number of rotatable bonds is 6. The summed E-state index contributed by atoms with van der Waals surface area (Å²) in [5.41, 5.74) is -0.655. The molecule has 116 valence electrons. The number of alkyl carbamates (subject to hydrolysis) is 1. The van der Waals surface area contributed by atoms with E-state index in [1.807, 2.05) is 0 Å². The van der Waals surface area contributed by atoms with Gasteiger partial charge in [-0.15, -0.1) is 11.6 Å². The Morgan fingerprint density at radius 3 is 2.20 bits per heavy atom. The van der Waals surface area contributed by atoms with E-state index in [0.29, 0.717) is 0 Å². The number of hydrogen-bond acceptors (Lipinski definition) is 4. The monoisotopic (exact) mass is 306 g/mol. The first-order chi connectivity index (χ1) is 9.06. The molecule has 0 bridgehead atoms. The lowest BCUT2D eigenvalue weighted by atomic mass is 10.1. The molecule has 0 radical (unpaired) electrons. The molecule has 0 spiro atoms. The van der Waals surface area contributed by atoms with Crippen LogP contribution in [0.2, 0.25) is 0 Å². The van der Waals surface area contributed by atoms with Crippen molar-refractivity contribution in [3.63, 3.8) is 0 Å². The quantitative estimate of drug-likeness (QED) is 0.756. The van der Waals surface area contributed by atoms with Gasteiger partial charge in [-0.05, 0) is 27.2 Å². The van der Waals surface area contributed by atoms with Crippen molar-refractivity contribution in [3.05, 3.63) is 0 Å². The van der Waals surface area contributed by atoms with Crippen LogP contribution < -0.4 is 5.32 Å². The molecule has 1 N–H and O–H groups in total. The zero-order chi connectivity index (χ0) is 15.9. The molecule has 1 unspecified atom stereocenters. The van der Waals surface area contributed by atoms with E-state index in [0.717, 1.165) is 0 Å². The van der Waals surface area contributed by atoms with Gasteiger partial charge in [-0.3, -0.25) is 9.59 Å². The largest absolute Gasteiger partial charge is 0.444 e. The van der Waals surface area contributed by atoms with Crippen LogP contribution in [-0.2, 0) is 14.3 Å². The standard InChI is InChI=1S/C13H23ClN2O4/c1-13(2,3)20-12(19)15-9(10(17)8-14)6-7-11(18)16(4)5/h9H,6-8H2,1-5H3,(H,15,19). The number of nitrogens with zero attached hydrogens (tertiary/aromatic N) is 1. The summed E-state index contributed by atoms with van der Waals surface area (Å²) in [6, 6.07) is -0.814. The third-order valence-electron chi connectivity index (χ3n) is 2.36. The molecule has 0 aliphatic heterocycles. The Bertz CT molecular complexity index is 364. The first-order valence-corrected chi connectivity index (χ1v) is 6.88. The zero-order valence-electron chi connectivity index (χ0n) is 12.7. The SMILES string of the molecule is CN(C)C(=O)CCC(NC(=O)OC(C)(C)C)C(=O)CCl. The van der Waals surface area contributed by atoms with Crippen molar-refractivity contribution in [2.45, 2.75) is 45.3 Å². The van der Waals surface area contributed by atoms with Crippen molar-refractivity contribution >= 4 is 29.4 Å². The van der Waals surface area contributed by atoms with Crippen LogP contribution in [0.15, 0.2) is 0 Å². The van der Waals surface area contributed by atoms with Crippen LogP contribution in [0.25, 0.3) is 0 Å². The molecule has 0 aliphatic carbocycles. The van der Waals surface area contributed by atoms with E-state index in [-0.39, 0.29) is 30.4 Å². The summed E-state index contributed by atoms with van der Waals surface area (Å²) >= 11 is 5.50. The lowest BCUT2D eigenvalue weighted by molar-refractivity contribution is -0.129. The van der Waals surface area contributed by atoms with Gasteiger partial charge in [-0.25, -0.2) is 4.79 Å². The van der Waals surface area contributed by atoms with Crippen molar-refractivity contribution < 1.29 is 19.1 Å². The van der Waals surface area contributed by atoms with Gasteiger partial charge < -0.3 is 15.0 Å². The van der Waals surface area contributed by atoms with Gasteiger partial charge in [-0.2, -0.15) is 0 Å². The van der Waals surface area contributed by atoms with Gasteiger partial charge in [0, 0.05) is 20.5 Å². The average molecular weight is 307 g/mol. The molecule has 0 saturated carbocycles. The summed E-state index contributed by atoms with van der Waals surface area (Å²) in [6.07, 6.45) is -0.351. The molecule has 0 aliphatic rings. The lowest BCUT2D eigenvalue weighted by Crippen LogP contribution is -2.44. The number of alkyl halides is 1. The van der Waals surface area contributed by atoms with Crippen molar-refractivity contribution in [2.75, 3.05) is 20.0 Å². The van der Waals surface area contributed by atoms with E-state index in [2.05, 4.69) is 5.32 Å². The number of carbonyl (C=O) groups excluding carboxylic acids is 3. The Labute approximate surface area is 124 Å². The van der Waals surface area contributed by atoms with Gasteiger partial charge in [0.05, 0.1) is 11.9 Å². The van der Waals surface area contributed by atoms with E-state index in [4.69, 9.17) is 16.3 Å². The summed E-state index contributed by atoms with van der Waals surface area (Å²) in [6.45, 7) is 5.17. The van der Waals surface area contributed by atoms with Gasteiger partial charge in [0.1, 0.15) is 5.60 Å². The van der Waals surface area contributed by atoms with E-state index >= 15 is 0 Å². The van der Waals surface area contributed by atoms with Crippen LogP contribution in [-0.4, -0.2) is 54.3 Å². The van der Waals surface area contributed by atoms with Crippen LogP contribution in [0.5, 0.6) is 0 Å². The number of carbonyl (C=O) groups is 3. The van der Waals surface area contributed by atoms with Gasteiger partial charge in [0.25, 0.3) is 0 Å². The predicted molar refractivity (Wildman–Crippen MR) is 76.8 cm³/mol. The minimum atomic E-state index is -0.814. The minimum Gasteiger partial charge on any atom is -0.444 e. The maximum atomic E-state index is 11.7. The average Bonchev–Trinajstić information content (AvgIpc) is 2.30. The summed E-state index contributed by atoms with van der Waals surface area (Å²) in [5, 5.41) is 2.45. The molecule has 0 aromatic rings. The first-order valence-electron chi connectivity index (χ1n) is 6.35. The maximum Gasteiger partial charge on any atom is 0.408 e. The summed E-state index contributed by atoms with van der Waals surface area (Å²) in [4.78, 5) is 36.2. The molecule has 0 heterocycles. The molecule has 0 aromatic carbocycles. The highest BCUT2D eigenvalue weighted by molar-refractivity contribution is 6.28. The van der Waals surface area contributed by atoms with Crippen molar-refractivity contribution in [2.24, 2.45) is 0 Å². The lowest BCUT2D eigenvalue weighted by Gasteiger charge is -2.23. The molecule has 0 fully saturated rings. The van der Waals surface area contributed by atoms with Crippen LogP contribution in [0.4, 0.5) is 4.79 Å². The third-order valence-corrected chi connectivity index (χ3v) is 2.62. The fourth-order valence-corrected chi connectivity index (χ4v) is 1.53. The number of ether oxygens (including phenoxy) is 1. The highest BCUT2D eigenvalue weighted by Gasteiger charge is 2.24. The fraction of sp³-hybridized carbons (Fsp3) is 0.769. The number of ketones is 1. The highest BCUT2D eigenvalue weighted by atomic mass is 35.5. The topological polar surface area (TPSA) is 75.7 Å². The van der Waals surface area contributed by atoms with Crippen LogP contribution in [0, 0.1) is 0 Å². The Hall–Kier alpha value is -1.30. The normalized spacial score (nSPS) is 12.5. The van der Waals surface area contributed by atoms with Gasteiger partial charge in [0.15, 0.2) is 5.78 Å². The fourth-order valence-electron chi connectivity index (χ4n) is 1.35. The van der Waals surface area contributed by atoms with Gasteiger partial charge >= 0.3 is 6.09 Å². The second-order valence-corrected chi connectivity index (χ2v) is 5.89. The zero-order valence-corrected chi connectivity index (χ0v) is 13.4.